The summed E-state index contributed by atoms with van der Waals surface area (Å²) in [6, 6.07) is 17.8. The number of carbonyl (C=O) groups is 1. The molecular weight excluding hydrogens is 274 g/mol. The van der Waals surface area contributed by atoms with E-state index in [0.29, 0.717) is 5.69 Å². The predicted octanol–water partition coefficient (Wildman–Crippen LogP) is 3.70. The van der Waals surface area contributed by atoms with Gasteiger partial charge in [-0.2, -0.15) is 0 Å². The fourth-order valence-corrected chi connectivity index (χ4v) is 2.08. The molecular formula is C18H15N3O. The molecule has 0 radical (unpaired) electrons. The number of benzene rings is 2. The van der Waals surface area contributed by atoms with Crippen molar-refractivity contribution in [3.8, 4) is 11.1 Å². The summed E-state index contributed by atoms with van der Waals surface area (Å²) >= 11 is 0. The number of rotatable bonds is 3. The van der Waals surface area contributed by atoms with Crippen LogP contribution in [0.2, 0.25) is 0 Å². The number of carbonyl (C=O) groups excluding carboxylic acids is 1. The minimum Gasteiger partial charge on any atom is -0.321 e. The van der Waals surface area contributed by atoms with E-state index in [2.05, 4.69) is 27.4 Å². The SMILES string of the molecule is Cc1cnc(C(=O)Nc2ccc(-c3ccccc3)cc2)cn1. The number of aryl methyl sites for hydroxylation is 1. The van der Waals surface area contributed by atoms with Crippen molar-refractivity contribution < 1.29 is 4.79 Å². The molecule has 0 fully saturated rings. The van der Waals surface area contributed by atoms with Crippen LogP contribution in [0, 0.1) is 6.92 Å². The van der Waals surface area contributed by atoms with E-state index in [0.717, 1.165) is 22.5 Å². The molecule has 3 rings (SSSR count). The first-order chi connectivity index (χ1) is 10.7. The van der Waals surface area contributed by atoms with E-state index in [1.165, 1.54) is 6.20 Å². The molecule has 0 aliphatic carbocycles. The minimum absolute atomic E-state index is 0.264. The Bertz CT molecular complexity index is 766. The quantitative estimate of drug-likeness (QED) is 0.799. The van der Waals surface area contributed by atoms with E-state index in [1.807, 2.05) is 49.4 Å². The van der Waals surface area contributed by atoms with Crippen molar-refractivity contribution in [2.75, 3.05) is 5.32 Å². The van der Waals surface area contributed by atoms with Crippen molar-refractivity contribution >= 4 is 11.6 Å². The standard InChI is InChI=1S/C18H15N3O/c1-13-11-20-17(12-19-13)18(22)21-16-9-7-15(8-10-16)14-5-3-2-4-6-14/h2-12H,1H3,(H,21,22). The van der Waals surface area contributed by atoms with Crippen LogP contribution in [0.25, 0.3) is 11.1 Å². The highest BCUT2D eigenvalue weighted by atomic mass is 16.1. The topological polar surface area (TPSA) is 54.9 Å². The average Bonchev–Trinajstić information content (AvgIpc) is 2.57. The lowest BCUT2D eigenvalue weighted by molar-refractivity contribution is 0.102. The molecule has 0 atom stereocenters. The second-order valence-corrected chi connectivity index (χ2v) is 4.94. The monoisotopic (exact) mass is 289 g/mol. The zero-order chi connectivity index (χ0) is 15.4. The Labute approximate surface area is 128 Å². The van der Waals surface area contributed by atoms with Crippen molar-refractivity contribution in [1.82, 2.24) is 9.97 Å². The lowest BCUT2D eigenvalue weighted by Crippen LogP contribution is -2.14. The van der Waals surface area contributed by atoms with Gasteiger partial charge in [-0.15, -0.1) is 0 Å². The molecule has 0 saturated carbocycles. The number of nitrogens with zero attached hydrogens (tertiary/aromatic N) is 2. The summed E-state index contributed by atoms with van der Waals surface area (Å²) in [4.78, 5) is 20.2. The van der Waals surface area contributed by atoms with Crippen molar-refractivity contribution in [3.05, 3.63) is 78.4 Å². The van der Waals surface area contributed by atoms with Gasteiger partial charge in [-0.25, -0.2) is 4.98 Å². The van der Waals surface area contributed by atoms with Crippen LogP contribution in [-0.4, -0.2) is 15.9 Å². The Hall–Kier alpha value is -3.01. The highest BCUT2D eigenvalue weighted by Gasteiger charge is 2.08. The molecule has 1 aromatic heterocycles. The Morgan fingerprint density at radius 3 is 2.18 bits per heavy atom. The summed E-state index contributed by atoms with van der Waals surface area (Å²) in [7, 11) is 0. The molecule has 1 N–H and O–H groups in total. The fourth-order valence-electron chi connectivity index (χ4n) is 2.08. The van der Waals surface area contributed by atoms with Crippen LogP contribution < -0.4 is 5.32 Å². The summed E-state index contributed by atoms with van der Waals surface area (Å²) in [6.07, 6.45) is 3.05. The smallest absolute Gasteiger partial charge is 0.275 e. The maximum absolute atomic E-state index is 12.1. The lowest BCUT2D eigenvalue weighted by atomic mass is 10.1. The Balaban J connectivity index is 1.73. The first-order valence-corrected chi connectivity index (χ1v) is 6.98. The molecule has 4 heteroatoms. The first kappa shape index (κ1) is 13.9. The van der Waals surface area contributed by atoms with Gasteiger partial charge >= 0.3 is 0 Å². The van der Waals surface area contributed by atoms with Crippen molar-refractivity contribution in [3.63, 3.8) is 0 Å². The van der Waals surface area contributed by atoms with Crippen molar-refractivity contribution in [1.29, 1.82) is 0 Å². The van der Waals surface area contributed by atoms with Gasteiger partial charge in [0.1, 0.15) is 5.69 Å². The van der Waals surface area contributed by atoms with Crippen molar-refractivity contribution in [2.24, 2.45) is 0 Å². The first-order valence-electron chi connectivity index (χ1n) is 6.98. The third kappa shape index (κ3) is 3.17. The molecule has 0 saturated heterocycles. The Morgan fingerprint density at radius 1 is 0.864 bits per heavy atom. The number of nitrogens with one attached hydrogen (secondary N) is 1. The third-order valence-corrected chi connectivity index (χ3v) is 3.26. The average molecular weight is 289 g/mol. The number of hydrogen-bond donors (Lipinski definition) is 1. The molecule has 1 amide bonds. The van der Waals surface area contributed by atoms with Crippen LogP contribution >= 0.6 is 0 Å². The number of amides is 1. The molecule has 2 aromatic carbocycles. The van der Waals surface area contributed by atoms with E-state index < -0.39 is 0 Å². The van der Waals surface area contributed by atoms with Gasteiger partial charge in [0.15, 0.2) is 0 Å². The van der Waals surface area contributed by atoms with Gasteiger partial charge < -0.3 is 5.32 Å². The predicted molar refractivity (Wildman–Crippen MR) is 86.6 cm³/mol. The number of anilines is 1. The molecule has 3 aromatic rings. The molecule has 22 heavy (non-hydrogen) atoms. The second kappa shape index (κ2) is 6.18. The summed E-state index contributed by atoms with van der Waals surface area (Å²) in [6.45, 7) is 1.83. The van der Waals surface area contributed by atoms with Gasteiger partial charge in [0, 0.05) is 11.9 Å². The highest BCUT2D eigenvalue weighted by molar-refractivity contribution is 6.02. The summed E-state index contributed by atoms with van der Waals surface area (Å²) < 4.78 is 0. The minimum atomic E-state index is -0.264. The molecule has 4 nitrogen and oxygen atoms in total. The molecule has 0 aliphatic heterocycles. The van der Waals surface area contributed by atoms with E-state index in [4.69, 9.17) is 0 Å². The number of hydrogen-bond acceptors (Lipinski definition) is 3. The Morgan fingerprint density at radius 2 is 1.55 bits per heavy atom. The maximum atomic E-state index is 12.1. The van der Waals surface area contributed by atoms with Gasteiger partial charge in [0.25, 0.3) is 5.91 Å². The Kier molecular flexibility index (Phi) is 3.92. The van der Waals surface area contributed by atoms with Crippen LogP contribution in [-0.2, 0) is 0 Å². The van der Waals surface area contributed by atoms with Gasteiger partial charge in [-0.1, -0.05) is 42.5 Å². The van der Waals surface area contributed by atoms with Crippen LogP contribution in [0.1, 0.15) is 16.2 Å². The third-order valence-electron chi connectivity index (χ3n) is 3.26. The second-order valence-electron chi connectivity index (χ2n) is 4.94. The van der Waals surface area contributed by atoms with Gasteiger partial charge in [-0.05, 0) is 30.2 Å². The van der Waals surface area contributed by atoms with Crippen LogP contribution in [0.15, 0.2) is 67.0 Å². The molecule has 108 valence electrons. The molecule has 0 aliphatic rings. The zero-order valence-corrected chi connectivity index (χ0v) is 12.2. The van der Waals surface area contributed by atoms with E-state index >= 15 is 0 Å². The van der Waals surface area contributed by atoms with E-state index in [1.54, 1.807) is 6.20 Å². The molecule has 1 heterocycles. The fraction of sp³-hybridized carbons (Fsp3) is 0.0556. The maximum Gasteiger partial charge on any atom is 0.275 e. The van der Waals surface area contributed by atoms with Crippen LogP contribution in [0.3, 0.4) is 0 Å². The van der Waals surface area contributed by atoms with Crippen LogP contribution in [0.5, 0.6) is 0 Å². The summed E-state index contributed by atoms with van der Waals surface area (Å²) in [5.74, 6) is -0.264. The lowest BCUT2D eigenvalue weighted by Gasteiger charge is -2.06. The normalized spacial score (nSPS) is 10.2. The summed E-state index contributed by atoms with van der Waals surface area (Å²) in [5, 5.41) is 2.81. The van der Waals surface area contributed by atoms with E-state index in [9.17, 15) is 4.79 Å². The molecule has 0 unspecified atom stereocenters. The summed E-state index contributed by atoms with van der Waals surface area (Å²) in [5.41, 5.74) is 4.06. The van der Waals surface area contributed by atoms with Gasteiger partial charge in [0.05, 0.1) is 11.9 Å². The van der Waals surface area contributed by atoms with Gasteiger partial charge in [0.2, 0.25) is 0 Å². The molecule has 0 spiro atoms. The largest absolute Gasteiger partial charge is 0.321 e. The zero-order valence-electron chi connectivity index (χ0n) is 12.2. The van der Waals surface area contributed by atoms with Crippen molar-refractivity contribution in [2.45, 2.75) is 6.92 Å². The van der Waals surface area contributed by atoms with E-state index in [-0.39, 0.29) is 5.91 Å². The van der Waals surface area contributed by atoms with Gasteiger partial charge in [-0.3, -0.25) is 9.78 Å². The number of aromatic nitrogens is 2. The highest BCUT2D eigenvalue weighted by Crippen LogP contribution is 2.21. The molecule has 0 bridgehead atoms. The van der Waals surface area contributed by atoms with Crippen LogP contribution in [0.4, 0.5) is 5.69 Å².